The number of carbonyl (C=O) groups is 8. The third-order valence-corrected chi connectivity index (χ3v) is 12.2. The lowest BCUT2D eigenvalue weighted by molar-refractivity contribution is -0.135. The van der Waals surface area contributed by atoms with Gasteiger partial charge in [-0.2, -0.15) is 25.3 Å². The van der Waals surface area contributed by atoms with Crippen molar-refractivity contribution in [1.82, 2.24) is 42.2 Å². The second-order valence-corrected chi connectivity index (χ2v) is 19.5. The summed E-state index contributed by atoms with van der Waals surface area (Å²) in [6, 6.07) is 13.1. The van der Waals surface area contributed by atoms with Crippen LogP contribution >= 0.6 is 25.3 Å². The lowest BCUT2D eigenvalue weighted by Gasteiger charge is -2.31. The summed E-state index contributed by atoms with van der Waals surface area (Å²) in [4.78, 5) is 112. The third kappa shape index (κ3) is 17.9. The number of phenols is 1. The van der Waals surface area contributed by atoms with Gasteiger partial charge >= 0.3 is 0 Å². The first kappa shape index (κ1) is 57.9. The van der Waals surface area contributed by atoms with Crippen molar-refractivity contribution < 1.29 is 48.6 Å². The van der Waals surface area contributed by atoms with Crippen LogP contribution in [0.25, 0.3) is 10.9 Å². The summed E-state index contributed by atoms with van der Waals surface area (Å²) >= 11 is 8.73. The number of phenolic OH excluding ortho intramolecular Hbond substituents is 1. The van der Waals surface area contributed by atoms with Crippen LogP contribution in [0.4, 0.5) is 0 Å². The fourth-order valence-corrected chi connectivity index (χ4v) is 7.99. The average Bonchev–Trinajstić information content (AvgIpc) is 3.75. The van der Waals surface area contributed by atoms with E-state index in [4.69, 9.17) is 17.2 Å². The number of nitrogens with one attached hydrogen (secondary N) is 8. The van der Waals surface area contributed by atoms with E-state index in [1.165, 1.54) is 32.9 Å². The van der Waals surface area contributed by atoms with Gasteiger partial charge in [-0.15, -0.1) is 0 Å². The second-order valence-electron chi connectivity index (χ2n) is 17.9. The van der Waals surface area contributed by atoms with E-state index in [-0.39, 0.29) is 43.7 Å². The Morgan fingerprint density at radius 1 is 0.681 bits per heavy atom. The number of para-hydroxylation sites is 1. The van der Waals surface area contributed by atoms with Gasteiger partial charge in [0.2, 0.25) is 47.3 Å². The Bertz CT molecular complexity index is 2490. The van der Waals surface area contributed by atoms with Crippen LogP contribution in [0.15, 0.2) is 85.1 Å². The molecule has 1 heterocycles. The smallest absolute Gasteiger partial charge is 0.244 e. The number of amides is 8. The number of carbonyl (C=O) groups excluding carboxylic acids is 8. The maximum Gasteiger partial charge on any atom is 0.244 e. The fraction of sp³-hybridized carbons (Fsp3) is 0.429. The van der Waals surface area contributed by atoms with Gasteiger partial charge in [-0.25, -0.2) is 0 Å². The number of H-pyrrole nitrogens is 1. The number of unbranched alkanes of at least 4 members (excludes halogenated alkanes) is 1. The van der Waals surface area contributed by atoms with Crippen LogP contribution in [0, 0.1) is 0 Å². The van der Waals surface area contributed by atoms with E-state index < -0.39 is 107 Å². The van der Waals surface area contributed by atoms with E-state index in [9.17, 15) is 48.6 Å². The van der Waals surface area contributed by atoms with Crippen LogP contribution in [0.1, 0.15) is 56.7 Å². The molecule has 0 saturated heterocycles. The number of aliphatic hydroxyl groups excluding tert-OH is 1. The molecule has 0 aliphatic heterocycles. The van der Waals surface area contributed by atoms with Gasteiger partial charge < -0.3 is 69.6 Å². The van der Waals surface area contributed by atoms with Gasteiger partial charge in [0.1, 0.15) is 42.0 Å². The van der Waals surface area contributed by atoms with Crippen molar-refractivity contribution >= 4 is 83.4 Å². The normalized spacial score (nSPS) is 14.7. The Morgan fingerprint density at radius 2 is 1.25 bits per heavy atom. The van der Waals surface area contributed by atoms with Gasteiger partial charge in [0.05, 0.1) is 18.7 Å². The highest BCUT2D eigenvalue weighted by atomic mass is 32.1. The molecule has 0 fully saturated rings. The molecule has 8 atom stereocenters. The zero-order valence-electron chi connectivity index (χ0n) is 40.4. The maximum atomic E-state index is 14.5. The highest BCUT2D eigenvalue weighted by Gasteiger charge is 2.37. The standard InChI is InChI=1S/C49H67N11O10S2/c1-27(61)40(42(52)64)60-48(70)41(49(2,3)72)59-39(63)25-54-44(66)35(15-9-10-20-50)55-46(68)37(23-30-24-53-34-14-8-7-13-32(30)34)57-45(67)36(22-29-16-18-31(62)19-17-29)56-47(69)38(26-71)58-43(65)33(51)21-28-11-5-4-6-12-28/h4-8,11-14,16-19,24,27,33,35-38,40-41,53,61-62,71-72H,9-10,15,20-23,25-26,50-51H2,1-3H3,(H2,52,64)(H,54,66)(H,55,68)(H,56,69)(H,57,67)(H,58,65)(H,59,63)(H,60,70)/t27-,33-,35+,36+,37-,38+,40+,41-/m1/s1. The molecule has 21 nitrogen and oxygen atoms in total. The number of rotatable bonds is 28. The predicted molar refractivity (Wildman–Crippen MR) is 277 cm³/mol. The van der Waals surface area contributed by atoms with Gasteiger partial charge in [0.15, 0.2) is 0 Å². The number of benzene rings is 3. The molecule has 72 heavy (non-hydrogen) atoms. The zero-order valence-corrected chi connectivity index (χ0v) is 42.1. The number of aliphatic hydroxyl groups is 1. The Balaban J connectivity index is 1.59. The van der Waals surface area contributed by atoms with Crippen molar-refractivity contribution in [2.24, 2.45) is 17.2 Å². The molecule has 0 radical (unpaired) electrons. The SMILES string of the molecule is C[C@@H](O)[C@H](NC(=O)[C@@H](NC(=O)CNC(=O)[C@H](CCCCN)NC(=O)[C@@H](Cc1c[nH]c2ccccc12)NC(=O)[C@H](Cc1ccc(O)cc1)NC(=O)[C@H](CS)NC(=O)[C@H](N)Cc1ccccc1)C(C)(C)S)C(N)=O. The number of hydrogen-bond acceptors (Lipinski definition) is 14. The molecule has 4 aromatic rings. The fourth-order valence-electron chi connectivity index (χ4n) is 7.55. The first-order valence-electron chi connectivity index (χ1n) is 23.3. The molecule has 4 rings (SSSR count). The maximum absolute atomic E-state index is 14.5. The van der Waals surface area contributed by atoms with E-state index in [0.717, 1.165) is 16.5 Å². The molecule has 0 bridgehead atoms. The van der Waals surface area contributed by atoms with Crippen LogP contribution in [-0.4, -0.2) is 134 Å². The number of hydrogen-bond donors (Lipinski definition) is 15. The van der Waals surface area contributed by atoms with Gasteiger partial charge in [-0.1, -0.05) is 60.7 Å². The van der Waals surface area contributed by atoms with Crippen LogP contribution < -0.4 is 54.4 Å². The molecule has 16 N–H and O–H groups in total. The summed E-state index contributed by atoms with van der Waals surface area (Å²) in [5, 5.41) is 38.8. The minimum atomic E-state index is -1.47. The molecular weight excluding hydrogens is 967 g/mol. The average molecular weight is 1030 g/mol. The summed E-state index contributed by atoms with van der Waals surface area (Å²) in [5.74, 6) is -6.77. The zero-order chi connectivity index (χ0) is 53.1. The van der Waals surface area contributed by atoms with E-state index in [1.807, 2.05) is 36.4 Å². The molecule has 8 amide bonds. The Labute approximate surface area is 428 Å². The number of aromatic hydroxyl groups is 1. The van der Waals surface area contributed by atoms with Crippen LogP contribution in [-0.2, 0) is 57.6 Å². The minimum absolute atomic E-state index is 0.0449. The molecule has 0 aliphatic rings. The van der Waals surface area contributed by atoms with Crippen LogP contribution in [0.5, 0.6) is 5.75 Å². The predicted octanol–water partition coefficient (Wildman–Crippen LogP) is -1.11. The molecule has 23 heteroatoms. The molecule has 0 unspecified atom stereocenters. The molecule has 3 aromatic carbocycles. The summed E-state index contributed by atoms with van der Waals surface area (Å²) in [5.41, 5.74) is 20.0. The molecule has 0 spiro atoms. The van der Waals surface area contributed by atoms with E-state index in [1.54, 1.807) is 36.5 Å². The van der Waals surface area contributed by atoms with Gasteiger partial charge in [-0.3, -0.25) is 38.4 Å². The van der Waals surface area contributed by atoms with Crippen molar-refractivity contribution in [3.05, 3.63) is 102 Å². The Kier molecular flexibility index (Phi) is 22.4. The van der Waals surface area contributed by atoms with Crippen LogP contribution in [0.3, 0.4) is 0 Å². The van der Waals surface area contributed by atoms with E-state index >= 15 is 0 Å². The monoisotopic (exact) mass is 1030 g/mol. The lowest BCUT2D eigenvalue weighted by Crippen LogP contribution is -2.62. The molecule has 0 aliphatic carbocycles. The molecule has 0 saturated carbocycles. The molecule has 1 aromatic heterocycles. The summed E-state index contributed by atoms with van der Waals surface area (Å²) in [6.45, 7) is 3.88. The van der Waals surface area contributed by atoms with E-state index in [0.29, 0.717) is 24.0 Å². The topological polar surface area (TPSA) is 355 Å². The van der Waals surface area contributed by atoms with Crippen molar-refractivity contribution in [1.29, 1.82) is 0 Å². The second kappa shape index (κ2) is 27.8. The number of nitrogens with two attached hydrogens (primary N) is 3. The first-order chi connectivity index (χ1) is 34.1. The quantitative estimate of drug-likeness (QED) is 0.0238. The first-order valence-corrected chi connectivity index (χ1v) is 24.4. The minimum Gasteiger partial charge on any atom is -0.508 e. The van der Waals surface area contributed by atoms with Gasteiger partial charge in [0, 0.05) is 40.4 Å². The highest BCUT2D eigenvalue weighted by molar-refractivity contribution is 7.81. The largest absolute Gasteiger partial charge is 0.508 e. The van der Waals surface area contributed by atoms with Crippen molar-refractivity contribution in [3.63, 3.8) is 0 Å². The summed E-state index contributed by atoms with van der Waals surface area (Å²) in [7, 11) is 0. The number of thiol groups is 2. The summed E-state index contributed by atoms with van der Waals surface area (Å²) in [6.07, 6.45) is 1.15. The van der Waals surface area contributed by atoms with Crippen molar-refractivity contribution in [2.45, 2.75) is 112 Å². The summed E-state index contributed by atoms with van der Waals surface area (Å²) < 4.78 is -1.22. The Hall–Kier alpha value is -6.66. The molecular formula is C49H67N11O10S2. The van der Waals surface area contributed by atoms with Gasteiger partial charge in [0.25, 0.3) is 0 Å². The van der Waals surface area contributed by atoms with Crippen molar-refractivity contribution in [2.75, 3.05) is 18.8 Å². The van der Waals surface area contributed by atoms with Crippen molar-refractivity contribution in [3.8, 4) is 5.75 Å². The highest BCUT2D eigenvalue weighted by Crippen LogP contribution is 2.21. The van der Waals surface area contributed by atoms with Crippen LogP contribution in [0.2, 0.25) is 0 Å². The van der Waals surface area contributed by atoms with Gasteiger partial charge in [-0.05, 0) is 87.9 Å². The lowest BCUT2D eigenvalue weighted by atomic mass is 10.0. The number of primary amides is 1. The number of aromatic amines is 1. The van der Waals surface area contributed by atoms with E-state index in [2.05, 4.69) is 67.5 Å². The molecule has 390 valence electrons. The number of aromatic nitrogens is 1. The number of fused-ring (bicyclic) bond motifs is 1. The Morgan fingerprint density at radius 3 is 1.85 bits per heavy atom. The third-order valence-electron chi connectivity index (χ3n) is 11.6.